The molecule has 5 nitrogen and oxygen atoms in total. The Kier molecular flexibility index (Phi) is 7.47. The highest BCUT2D eigenvalue weighted by molar-refractivity contribution is 6.10. The number of hydrogen-bond donors (Lipinski definition) is 0. The first kappa shape index (κ1) is 33.2. The van der Waals surface area contributed by atoms with Gasteiger partial charge in [0.1, 0.15) is 11.3 Å². The predicted molar refractivity (Wildman–Crippen MR) is 244 cm³/mol. The van der Waals surface area contributed by atoms with Crippen LogP contribution in [0, 0.1) is 0 Å². The van der Waals surface area contributed by atoms with Crippen LogP contribution in [0.1, 0.15) is 0 Å². The molecule has 59 heavy (non-hydrogen) atoms. The number of imidazole rings is 1. The third kappa shape index (κ3) is 5.25. The van der Waals surface area contributed by atoms with Gasteiger partial charge in [0.25, 0.3) is 0 Å². The molecule has 0 unspecified atom stereocenters. The second kappa shape index (κ2) is 13.3. The molecule has 0 bridgehead atoms. The topological polar surface area (TPSA) is 40.6 Å². The van der Waals surface area contributed by atoms with Gasteiger partial charge in [-0.05, 0) is 77.4 Å². The van der Waals surface area contributed by atoms with Gasteiger partial charge in [-0.1, -0.05) is 146 Å². The maximum absolute atomic E-state index is 5.34. The molecule has 4 aromatic heterocycles. The Balaban J connectivity index is 1.08. The second-order valence-electron chi connectivity index (χ2n) is 15.1. The summed E-state index contributed by atoms with van der Waals surface area (Å²) in [7, 11) is 0. The van der Waals surface area contributed by atoms with Crippen LogP contribution < -0.4 is 0 Å². The Labute approximate surface area is 340 Å². The van der Waals surface area contributed by atoms with Crippen LogP contribution in [0.15, 0.2) is 212 Å². The fraction of sp³-hybridized carbons (Fsp3) is 0. The van der Waals surface area contributed by atoms with Gasteiger partial charge in [0.15, 0.2) is 5.65 Å². The minimum atomic E-state index is 0.825. The van der Waals surface area contributed by atoms with Gasteiger partial charge >= 0.3 is 0 Å². The van der Waals surface area contributed by atoms with E-state index in [9.17, 15) is 0 Å². The SMILES string of the molecule is c1ccc(-c2ccnc3c2nc(-c2ccc(-c4cc(-n5c6ccccc6c6ccccc65)cc(-n5c6ccccc6c6ccccc65)c4)cc2)n3-c2ccccc2)cc1. The standard InChI is InChI=1S/C54H35N5/c1-3-15-37(16-4-1)43-31-32-55-54-52(43)56-53(59(54)40-17-5-2-6-18-40)38-29-27-36(28-30-38)39-33-41(57-48-23-11-7-19-44(48)45-20-8-12-24-49(45)57)35-42(34-39)58-50-25-13-9-21-46(50)47-22-10-14-26-51(47)58/h1-35H. The monoisotopic (exact) mass is 753 g/mol. The first-order valence-electron chi connectivity index (χ1n) is 20.0. The zero-order valence-electron chi connectivity index (χ0n) is 31.9. The number of fused-ring (bicyclic) bond motifs is 7. The van der Waals surface area contributed by atoms with Crippen molar-refractivity contribution in [2.75, 3.05) is 0 Å². The number of hydrogen-bond acceptors (Lipinski definition) is 2. The van der Waals surface area contributed by atoms with E-state index in [4.69, 9.17) is 9.97 Å². The molecule has 0 atom stereocenters. The summed E-state index contributed by atoms with van der Waals surface area (Å²) < 4.78 is 7.01. The van der Waals surface area contributed by atoms with Crippen molar-refractivity contribution in [1.82, 2.24) is 23.7 Å². The van der Waals surface area contributed by atoms with E-state index in [2.05, 4.69) is 208 Å². The van der Waals surface area contributed by atoms with Crippen molar-refractivity contribution in [2.24, 2.45) is 0 Å². The molecule has 0 saturated heterocycles. The van der Waals surface area contributed by atoms with Gasteiger partial charge in [-0.3, -0.25) is 4.57 Å². The molecule has 0 aliphatic carbocycles. The normalized spacial score (nSPS) is 11.7. The van der Waals surface area contributed by atoms with E-state index < -0.39 is 0 Å². The lowest BCUT2D eigenvalue weighted by molar-refractivity contribution is 1.08. The Morgan fingerprint density at radius 2 is 0.780 bits per heavy atom. The van der Waals surface area contributed by atoms with Crippen molar-refractivity contribution in [3.63, 3.8) is 0 Å². The van der Waals surface area contributed by atoms with E-state index in [1.165, 1.54) is 43.6 Å². The molecule has 0 aliphatic heterocycles. The molecule has 0 radical (unpaired) electrons. The van der Waals surface area contributed by atoms with Gasteiger partial charge in [-0.25, -0.2) is 9.97 Å². The molecule has 5 heteroatoms. The van der Waals surface area contributed by atoms with Gasteiger partial charge < -0.3 is 9.13 Å². The van der Waals surface area contributed by atoms with Gasteiger partial charge in [0.2, 0.25) is 0 Å². The van der Waals surface area contributed by atoms with E-state index in [0.29, 0.717) is 0 Å². The molecule has 0 fully saturated rings. The highest BCUT2D eigenvalue weighted by atomic mass is 15.1. The van der Waals surface area contributed by atoms with Crippen LogP contribution in [0.4, 0.5) is 0 Å². The maximum atomic E-state index is 5.34. The van der Waals surface area contributed by atoms with Crippen LogP contribution in [0.25, 0.3) is 105 Å². The van der Waals surface area contributed by atoms with Crippen molar-refractivity contribution < 1.29 is 0 Å². The number of benzene rings is 8. The minimum Gasteiger partial charge on any atom is -0.309 e. The zero-order valence-corrected chi connectivity index (χ0v) is 31.9. The summed E-state index contributed by atoms with van der Waals surface area (Å²) in [6.07, 6.45) is 1.89. The highest BCUT2D eigenvalue weighted by Gasteiger charge is 2.20. The summed E-state index contributed by atoms with van der Waals surface area (Å²) >= 11 is 0. The number of rotatable bonds is 6. The molecular weight excluding hydrogens is 719 g/mol. The smallest absolute Gasteiger partial charge is 0.165 e. The molecule has 0 N–H and O–H groups in total. The first-order chi connectivity index (χ1) is 29.3. The summed E-state index contributed by atoms with van der Waals surface area (Å²) in [4.78, 5) is 10.2. The lowest BCUT2D eigenvalue weighted by Gasteiger charge is -2.16. The van der Waals surface area contributed by atoms with Crippen LogP contribution in [-0.4, -0.2) is 23.7 Å². The van der Waals surface area contributed by atoms with Crippen molar-refractivity contribution in [3.8, 4) is 50.7 Å². The average Bonchev–Trinajstić information content (AvgIpc) is 3.98. The molecule has 4 heterocycles. The molecule has 8 aromatic carbocycles. The molecule has 0 spiro atoms. The molecule has 12 aromatic rings. The number of para-hydroxylation sites is 5. The third-order valence-corrected chi connectivity index (χ3v) is 11.7. The maximum Gasteiger partial charge on any atom is 0.165 e. The summed E-state index contributed by atoms with van der Waals surface area (Å²) in [6, 6.07) is 73.7. The van der Waals surface area contributed by atoms with E-state index >= 15 is 0 Å². The van der Waals surface area contributed by atoms with Crippen molar-refractivity contribution in [2.45, 2.75) is 0 Å². The average molecular weight is 754 g/mol. The van der Waals surface area contributed by atoms with Crippen LogP contribution >= 0.6 is 0 Å². The summed E-state index contributed by atoms with van der Waals surface area (Å²) in [5, 5.41) is 4.95. The number of nitrogens with zero attached hydrogens (tertiary/aromatic N) is 5. The van der Waals surface area contributed by atoms with Gasteiger partial charge in [-0.15, -0.1) is 0 Å². The van der Waals surface area contributed by atoms with E-state index in [0.717, 1.165) is 61.9 Å². The highest BCUT2D eigenvalue weighted by Crippen LogP contribution is 2.39. The van der Waals surface area contributed by atoms with Crippen molar-refractivity contribution in [3.05, 3.63) is 212 Å². The summed E-state index contributed by atoms with van der Waals surface area (Å²) in [5.74, 6) is 0.846. The lowest BCUT2D eigenvalue weighted by Crippen LogP contribution is -2.00. The first-order valence-corrected chi connectivity index (χ1v) is 20.0. The van der Waals surface area contributed by atoms with Gasteiger partial charge in [-0.2, -0.15) is 0 Å². The molecule has 0 aliphatic rings. The summed E-state index contributed by atoms with van der Waals surface area (Å²) in [6.45, 7) is 0. The number of pyridine rings is 1. The fourth-order valence-electron chi connectivity index (χ4n) is 9.07. The van der Waals surface area contributed by atoms with Crippen LogP contribution in [-0.2, 0) is 0 Å². The molecule has 276 valence electrons. The van der Waals surface area contributed by atoms with Crippen molar-refractivity contribution >= 4 is 54.8 Å². The van der Waals surface area contributed by atoms with Gasteiger partial charge in [0.05, 0.1) is 22.1 Å². The minimum absolute atomic E-state index is 0.825. The van der Waals surface area contributed by atoms with Crippen molar-refractivity contribution in [1.29, 1.82) is 0 Å². The fourth-order valence-corrected chi connectivity index (χ4v) is 9.07. The second-order valence-corrected chi connectivity index (χ2v) is 15.1. The third-order valence-electron chi connectivity index (χ3n) is 11.7. The van der Waals surface area contributed by atoms with Gasteiger partial charge in [0, 0.05) is 55.9 Å². The molecule has 12 rings (SSSR count). The Morgan fingerprint density at radius 3 is 1.31 bits per heavy atom. The quantitative estimate of drug-likeness (QED) is 0.170. The molecule has 0 saturated carbocycles. The molecule has 0 amide bonds. The van der Waals surface area contributed by atoms with E-state index in [1.54, 1.807) is 0 Å². The predicted octanol–water partition coefficient (Wildman–Crippen LogP) is 13.6. The Bertz CT molecular complexity index is 3300. The van der Waals surface area contributed by atoms with E-state index in [-0.39, 0.29) is 0 Å². The van der Waals surface area contributed by atoms with E-state index in [1.807, 2.05) is 18.3 Å². The molecular formula is C54H35N5. The zero-order chi connectivity index (χ0) is 38.9. The summed E-state index contributed by atoms with van der Waals surface area (Å²) in [5.41, 5.74) is 15.0. The largest absolute Gasteiger partial charge is 0.309 e. The number of aromatic nitrogens is 5. The lowest BCUT2D eigenvalue weighted by atomic mass is 10.0. The van der Waals surface area contributed by atoms with Crippen LogP contribution in [0.2, 0.25) is 0 Å². The van der Waals surface area contributed by atoms with Crippen LogP contribution in [0.3, 0.4) is 0 Å². The Morgan fingerprint density at radius 1 is 0.322 bits per heavy atom. The Hall–Kier alpha value is -8.02. The van der Waals surface area contributed by atoms with Crippen LogP contribution in [0.5, 0.6) is 0 Å².